The lowest BCUT2D eigenvalue weighted by atomic mass is 9.82. The van der Waals surface area contributed by atoms with E-state index in [1.165, 1.54) is 30.3 Å². The lowest BCUT2D eigenvalue weighted by Gasteiger charge is -2.30. The molecule has 3 amide bonds. The summed E-state index contributed by atoms with van der Waals surface area (Å²) < 4.78 is 0. The number of ketones is 1. The maximum atomic E-state index is 13.5. The Hall–Kier alpha value is -2.67. The van der Waals surface area contributed by atoms with Gasteiger partial charge >= 0.3 is 0 Å². The molecule has 0 N–H and O–H groups in total. The highest BCUT2D eigenvalue weighted by Crippen LogP contribution is 2.38. The third-order valence-corrected chi connectivity index (χ3v) is 6.89. The van der Waals surface area contributed by atoms with Crippen molar-refractivity contribution in [2.75, 3.05) is 6.54 Å². The maximum absolute atomic E-state index is 13.5. The van der Waals surface area contributed by atoms with Crippen molar-refractivity contribution >= 4 is 58.3 Å². The van der Waals surface area contributed by atoms with E-state index in [4.69, 9.17) is 34.8 Å². The molecule has 0 unspecified atom stereocenters. The van der Waals surface area contributed by atoms with Crippen molar-refractivity contribution in [2.45, 2.75) is 19.8 Å². The van der Waals surface area contributed by atoms with Gasteiger partial charge in [0.25, 0.3) is 17.7 Å². The summed E-state index contributed by atoms with van der Waals surface area (Å²) in [6.45, 7) is 1.39. The summed E-state index contributed by atoms with van der Waals surface area (Å²) in [5.41, 5.74) is 1.40. The van der Waals surface area contributed by atoms with E-state index < -0.39 is 41.9 Å². The number of carbonyl (C=O) groups is 4. The fourth-order valence-corrected chi connectivity index (χ4v) is 4.56. The number of hydrazine groups is 1. The first-order valence-electron chi connectivity index (χ1n) is 10.3. The SMILES string of the molecule is CC1=CC[C@H]2C(=O)N(N(CC(=O)c3ccc(Cl)cc3)C(=O)c3ccc(Cl)c(Cl)c3)C(=O)[C@H]2C1. The number of halogens is 3. The molecule has 6 nitrogen and oxygen atoms in total. The van der Waals surface area contributed by atoms with Crippen molar-refractivity contribution in [3.63, 3.8) is 0 Å². The van der Waals surface area contributed by atoms with Gasteiger partial charge in [-0.15, -0.1) is 0 Å². The normalized spacial score (nSPS) is 19.9. The van der Waals surface area contributed by atoms with Gasteiger partial charge in [-0.25, -0.2) is 5.01 Å². The van der Waals surface area contributed by atoms with Gasteiger partial charge in [0.15, 0.2) is 5.78 Å². The number of hydrogen-bond donors (Lipinski definition) is 0. The third-order valence-electron chi connectivity index (χ3n) is 5.90. The molecule has 1 saturated heterocycles. The van der Waals surface area contributed by atoms with Gasteiger partial charge in [0.2, 0.25) is 0 Å². The van der Waals surface area contributed by atoms with E-state index in [-0.39, 0.29) is 15.6 Å². The minimum Gasteiger partial charge on any atom is -0.292 e. The van der Waals surface area contributed by atoms with E-state index in [0.717, 1.165) is 15.6 Å². The molecular formula is C24H19Cl3N2O4. The van der Waals surface area contributed by atoms with Crippen LogP contribution in [-0.2, 0) is 9.59 Å². The molecule has 2 aromatic rings. The predicted molar refractivity (Wildman–Crippen MR) is 125 cm³/mol. The number of fused-ring (bicyclic) bond motifs is 1. The molecule has 0 aromatic heterocycles. The number of carbonyl (C=O) groups excluding carboxylic acids is 4. The van der Waals surface area contributed by atoms with Crippen molar-refractivity contribution in [3.05, 3.63) is 80.3 Å². The molecule has 1 aliphatic heterocycles. The Bertz CT molecular complexity index is 1190. The molecule has 0 radical (unpaired) electrons. The van der Waals surface area contributed by atoms with Gasteiger partial charge < -0.3 is 0 Å². The standard InChI is InChI=1S/C24H19Cl3N2O4/c1-13-2-8-17-18(10-13)24(33)29(23(17)32)28(12-21(30)14-3-6-16(25)7-4-14)22(31)15-5-9-19(26)20(27)11-15/h2-7,9,11,17-18H,8,10,12H2,1H3/t17-,18+/m1/s1. The summed E-state index contributed by atoms with van der Waals surface area (Å²) in [7, 11) is 0. The average molecular weight is 506 g/mol. The van der Waals surface area contributed by atoms with Gasteiger partial charge in [0, 0.05) is 16.1 Å². The van der Waals surface area contributed by atoms with Crippen LogP contribution in [0.2, 0.25) is 15.1 Å². The molecule has 0 spiro atoms. The highest BCUT2D eigenvalue weighted by molar-refractivity contribution is 6.42. The minimum atomic E-state index is -0.707. The molecule has 33 heavy (non-hydrogen) atoms. The Morgan fingerprint density at radius 2 is 1.58 bits per heavy atom. The van der Waals surface area contributed by atoms with Crippen LogP contribution in [0.15, 0.2) is 54.1 Å². The number of nitrogens with zero attached hydrogens (tertiary/aromatic N) is 2. The molecule has 170 valence electrons. The van der Waals surface area contributed by atoms with E-state index in [9.17, 15) is 19.2 Å². The summed E-state index contributed by atoms with van der Waals surface area (Å²) in [6.07, 6.45) is 2.78. The maximum Gasteiger partial charge on any atom is 0.273 e. The lowest BCUT2D eigenvalue weighted by molar-refractivity contribution is -0.154. The van der Waals surface area contributed by atoms with Crippen LogP contribution in [-0.4, -0.2) is 40.1 Å². The van der Waals surface area contributed by atoms with Gasteiger partial charge in [0.05, 0.1) is 21.9 Å². The van der Waals surface area contributed by atoms with E-state index in [1.54, 1.807) is 12.1 Å². The van der Waals surface area contributed by atoms with Crippen molar-refractivity contribution in [2.24, 2.45) is 11.8 Å². The van der Waals surface area contributed by atoms with Crippen molar-refractivity contribution in [3.8, 4) is 0 Å². The van der Waals surface area contributed by atoms with E-state index in [1.807, 2.05) is 13.0 Å². The molecule has 9 heteroatoms. The second-order valence-corrected chi connectivity index (χ2v) is 9.36. The second-order valence-electron chi connectivity index (χ2n) is 8.11. The molecule has 1 heterocycles. The van der Waals surface area contributed by atoms with Crippen LogP contribution < -0.4 is 0 Å². The Morgan fingerprint density at radius 3 is 2.24 bits per heavy atom. The summed E-state index contributed by atoms with van der Waals surface area (Å²) >= 11 is 17.9. The molecule has 2 aliphatic rings. The molecule has 0 saturated carbocycles. The Kier molecular flexibility index (Phi) is 6.61. The van der Waals surface area contributed by atoms with Gasteiger partial charge in [-0.1, -0.05) is 46.5 Å². The van der Waals surface area contributed by atoms with E-state index >= 15 is 0 Å². The van der Waals surface area contributed by atoms with Crippen LogP contribution in [0.3, 0.4) is 0 Å². The number of rotatable bonds is 5. The van der Waals surface area contributed by atoms with Crippen molar-refractivity contribution in [1.29, 1.82) is 0 Å². The first-order valence-corrected chi connectivity index (χ1v) is 11.4. The van der Waals surface area contributed by atoms with E-state index in [0.29, 0.717) is 23.4 Å². The fourth-order valence-electron chi connectivity index (χ4n) is 4.13. The summed E-state index contributed by atoms with van der Waals surface area (Å²) in [6, 6.07) is 10.4. The zero-order valence-corrected chi connectivity index (χ0v) is 19.8. The Labute approximate surface area is 205 Å². The van der Waals surface area contributed by atoms with Crippen LogP contribution in [0, 0.1) is 11.8 Å². The number of allylic oxidation sites excluding steroid dienone is 2. The second kappa shape index (κ2) is 9.29. The highest BCUT2D eigenvalue weighted by Gasteiger charge is 2.51. The minimum absolute atomic E-state index is 0.0954. The third kappa shape index (κ3) is 4.56. The predicted octanol–water partition coefficient (Wildman–Crippen LogP) is 5.23. The van der Waals surface area contributed by atoms with Crippen LogP contribution >= 0.6 is 34.8 Å². The quantitative estimate of drug-likeness (QED) is 0.317. The topological polar surface area (TPSA) is 74.8 Å². The number of Topliss-reactive ketones (excluding diaryl/α,β-unsaturated/α-hetero) is 1. The Morgan fingerprint density at radius 1 is 0.939 bits per heavy atom. The van der Waals surface area contributed by atoms with Crippen LogP contribution in [0.4, 0.5) is 0 Å². The smallest absolute Gasteiger partial charge is 0.273 e. The van der Waals surface area contributed by atoms with Crippen LogP contribution in [0.25, 0.3) is 0 Å². The Balaban J connectivity index is 1.71. The summed E-state index contributed by atoms with van der Waals surface area (Å²) in [4.78, 5) is 53.0. The number of hydrogen-bond acceptors (Lipinski definition) is 4. The molecule has 1 fully saturated rings. The molecule has 2 atom stereocenters. The largest absolute Gasteiger partial charge is 0.292 e. The molecule has 1 aliphatic carbocycles. The molecule has 0 bridgehead atoms. The average Bonchev–Trinajstić information content (AvgIpc) is 3.03. The van der Waals surface area contributed by atoms with E-state index in [2.05, 4.69) is 0 Å². The first kappa shape index (κ1) is 23.5. The van der Waals surface area contributed by atoms with Gasteiger partial charge in [-0.05, 0) is 62.2 Å². The highest BCUT2D eigenvalue weighted by atomic mass is 35.5. The zero-order chi connectivity index (χ0) is 23.9. The van der Waals surface area contributed by atoms with Gasteiger partial charge in [-0.3, -0.25) is 19.2 Å². The van der Waals surface area contributed by atoms with Crippen molar-refractivity contribution < 1.29 is 19.2 Å². The lowest BCUT2D eigenvalue weighted by Crippen LogP contribution is -2.52. The monoisotopic (exact) mass is 504 g/mol. The zero-order valence-electron chi connectivity index (χ0n) is 17.6. The van der Waals surface area contributed by atoms with Gasteiger partial charge in [0.1, 0.15) is 6.54 Å². The molecular weight excluding hydrogens is 487 g/mol. The number of imide groups is 1. The number of amides is 3. The fraction of sp³-hybridized carbons (Fsp3) is 0.250. The van der Waals surface area contributed by atoms with Gasteiger partial charge in [-0.2, -0.15) is 5.01 Å². The molecule has 2 aromatic carbocycles. The summed E-state index contributed by atoms with van der Waals surface area (Å²) in [5.74, 6) is -3.26. The van der Waals surface area contributed by atoms with Crippen LogP contribution in [0.5, 0.6) is 0 Å². The summed E-state index contributed by atoms with van der Waals surface area (Å²) in [5, 5.41) is 2.58. The number of benzene rings is 2. The first-order chi connectivity index (χ1) is 15.7. The molecule has 4 rings (SSSR count). The van der Waals surface area contributed by atoms with Crippen molar-refractivity contribution in [1.82, 2.24) is 10.0 Å². The van der Waals surface area contributed by atoms with Crippen LogP contribution in [0.1, 0.15) is 40.5 Å².